The largest absolute Gasteiger partial charge is 0.376 e. The van der Waals surface area contributed by atoms with Crippen LogP contribution in [0.3, 0.4) is 0 Å². The molecule has 1 amide bonds. The van der Waals surface area contributed by atoms with Crippen molar-refractivity contribution in [1.29, 1.82) is 0 Å². The summed E-state index contributed by atoms with van der Waals surface area (Å²) < 4.78 is 0. The lowest BCUT2D eigenvalue weighted by Crippen LogP contribution is -2.21. The molecule has 0 aliphatic carbocycles. The van der Waals surface area contributed by atoms with Gasteiger partial charge in [-0.3, -0.25) is 4.79 Å². The summed E-state index contributed by atoms with van der Waals surface area (Å²) >= 11 is 1.51. The van der Waals surface area contributed by atoms with Gasteiger partial charge in [0.15, 0.2) is 5.13 Å². The molecule has 0 spiro atoms. The van der Waals surface area contributed by atoms with Crippen LogP contribution in [-0.4, -0.2) is 17.4 Å². The predicted octanol–water partition coefficient (Wildman–Crippen LogP) is 4.09. The summed E-state index contributed by atoms with van der Waals surface area (Å²) in [5.41, 5.74) is 3.32. The molecule has 4 nitrogen and oxygen atoms in total. The van der Waals surface area contributed by atoms with E-state index in [2.05, 4.69) is 27.8 Å². The van der Waals surface area contributed by atoms with Crippen LogP contribution in [0.5, 0.6) is 0 Å². The first-order chi connectivity index (χ1) is 11.7. The lowest BCUT2D eigenvalue weighted by atomic mass is 10.1. The molecular formula is C19H19N3OS. The van der Waals surface area contributed by atoms with Crippen molar-refractivity contribution in [3.8, 4) is 0 Å². The lowest BCUT2D eigenvalue weighted by Gasteiger charge is -2.08. The van der Waals surface area contributed by atoms with Crippen LogP contribution in [0.1, 0.15) is 16.0 Å². The third-order valence-electron chi connectivity index (χ3n) is 3.61. The number of rotatable bonds is 6. The van der Waals surface area contributed by atoms with E-state index in [-0.39, 0.29) is 12.5 Å². The van der Waals surface area contributed by atoms with Gasteiger partial charge in [0.25, 0.3) is 0 Å². The van der Waals surface area contributed by atoms with Crippen molar-refractivity contribution in [2.75, 3.05) is 17.2 Å². The van der Waals surface area contributed by atoms with Crippen LogP contribution >= 0.6 is 11.3 Å². The summed E-state index contributed by atoms with van der Waals surface area (Å²) in [4.78, 5) is 17.5. The van der Waals surface area contributed by atoms with Crippen LogP contribution in [0.15, 0.2) is 60.8 Å². The Morgan fingerprint density at radius 1 is 1.08 bits per heavy atom. The number of benzene rings is 2. The number of aromatic nitrogens is 1. The first-order valence-electron chi connectivity index (χ1n) is 7.79. The molecule has 0 aliphatic heterocycles. The average Bonchev–Trinajstić information content (AvgIpc) is 3.02. The van der Waals surface area contributed by atoms with Crippen molar-refractivity contribution in [2.24, 2.45) is 0 Å². The Morgan fingerprint density at radius 3 is 2.62 bits per heavy atom. The van der Waals surface area contributed by atoms with Crippen LogP contribution in [0.25, 0.3) is 0 Å². The van der Waals surface area contributed by atoms with E-state index in [1.807, 2.05) is 55.6 Å². The molecule has 0 bridgehead atoms. The van der Waals surface area contributed by atoms with Gasteiger partial charge in [0.05, 0.1) is 6.54 Å². The molecule has 2 aromatic carbocycles. The predicted molar refractivity (Wildman–Crippen MR) is 99.7 cm³/mol. The van der Waals surface area contributed by atoms with Crippen molar-refractivity contribution in [1.82, 2.24) is 4.98 Å². The molecule has 5 heteroatoms. The number of thiazole rings is 1. The van der Waals surface area contributed by atoms with E-state index in [9.17, 15) is 4.79 Å². The molecule has 3 aromatic rings. The fourth-order valence-electron chi connectivity index (χ4n) is 2.35. The lowest BCUT2D eigenvalue weighted by molar-refractivity contribution is -0.114. The summed E-state index contributed by atoms with van der Waals surface area (Å²) in [5, 5.41) is 6.62. The molecule has 0 unspecified atom stereocenters. The smallest absolute Gasteiger partial charge is 0.245 e. The van der Waals surface area contributed by atoms with E-state index in [1.165, 1.54) is 16.9 Å². The monoisotopic (exact) mass is 337 g/mol. The van der Waals surface area contributed by atoms with E-state index >= 15 is 0 Å². The Morgan fingerprint density at radius 2 is 1.83 bits per heavy atom. The normalized spacial score (nSPS) is 10.4. The van der Waals surface area contributed by atoms with Gasteiger partial charge < -0.3 is 10.6 Å². The molecule has 0 radical (unpaired) electrons. The van der Waals surface area contributed by atoms with Gasteiger partial charge >= 0.3 is 0 Å². The first kappa shape index (κ1) is 16.2. The second-order valence-corrected chi connectivity index (χ2v) is 6.63. The van der Waals surface area contributed by atoms with Gasteiger partial charge in [-0.15, -0.1) is 11.3 Å². The molecule has 24 heavy (non-hydrogen) atoms. The number of carbonyl (C=O) groups excluding carboxylic acids is 1. The minimum atomic E-state index is -0.0983. The second kappa shape index (κ2) is 7.75. The molecule has 0 saturated carbocycles. The highest BCUT2D eigenvalue weighted by Crippen LogP contribution is 2.21. The van der Waals surface area contributed by atoms with Crippen molar-refractivity contribution >= 4 is 28.1 Å². The van der Waals surface area contributed by atoms with Crippen LogP contribution < -0.4 is 10.6 Å². The quantitative estimate of drug-likeness (QED) is 0.712. The van der Waals surface area contributed by atoms with Gasteiger partial charge in [-0.05, 0) is 24.1 Å². The molecule has 1 heterocycles. The number of hydrogen-bond acceptors (Lipinski definition) is 4. The highest BCUT2D eigenvalue weighted by Gasteiger charge is 2.07. The van der Waals surface area contributed by atoms with E-state index in [0.717, 1.165) is 22.5 Å². The Kier molecular flexibility index (Phi) is 5.23. The molecule has 0 saturated heterocycles. The number of anilines is 2. The zero-order chi connectivity index (χ0) is 16.8. The molecule has 2 N–H and O–H groups in total. The summed E-state index contributed by atoms with van der Waals surface area (Å²) in [6, 6.07) is 18.1. The molecule has 0 atom stereocenters. The molecule has 1 aromatic heterocycles. The SMILES string of the molecule is Cc1ccccc1NCC(=O)Nc1ncc(Cc2ccccc2)s1. The number of para-hydroxylation sites is 1. The minimum absolute atomic E-state index is 0.0983. The van der Waals surface area contributed by atoms with E-state index < -0.39 is 0 Å². The maximum atomic E-state index is 12.1. The zero-order valence-corrected chi connectivity index (χ0v) is 14.3. The Balaban J connectivity index is 1.53. The Bertz CT molecular complexity index is 814. The average molecular weight is 337 g/mol. The van der Waals surface area contributed by atoms with Crippen molar-refractivity contribution < 1.29 is 4.79 Å². The summed E-state index contributed by atoms with van der Waals surface area (Å²) in [6.07, 6.45) is 2.65. The van der Waals surface area contributed by atoms with Gasteiger partial charge in [0.1, 0.15) is 0 Å². The van der Waals surface area contributed by atoms with Crippen LogP contribution in [0, 0.1) is 6.92 Å². The minimum Gasteiger partial charge on any atom is -0.376 e. The van der Waals surface area contributed by atoms with Gasteiger partial charge in [0, 0.05) is 23.2 Å². The fraction of sp³-hybridized carbons (Fsp3) is 0.158. The maximum absolute atomic E-state index is 12.1. The standard InChI is InChI=1S/C19H19N3OS/c1-14-7-5-6-10-17(14)20-13-18(23)22-19-21-12-16(24-19)11-15-8-3-2-4-9-15/h2-10,12,20H,11,13H2,1H3,(H,21,22,23). The van der Waals surface area contributed by atoms with Crippen molar-refractivity contribution in [3.63, 3.8) is 0 Å². The zero-order valence-electron chi connectivity index (χ0n) is 13.5. The van der Waals surface area contributed by atoms with Gasteiger partial charge in [-0.25, -0.2) is 4.98 Å². The van der Waals surface area contributed by atoms with Gasteiger partial charge in [0.2, 0.25) is 5.91 Å². The van der Waals surface area contributed by atoms with Crippen LogP contribution in [-0.2, 0) is 11.2 Å². The third kappa shape index (κ3) is 4.43. The third-order valence-corrected chi connectivity index (χ3v) is 4.52. The molecule has 122 valence electrons. The number of carbonyl (C=O) groups is 1. The highest BCUT2D eigenvalue weighted by molar-refractivity contribution is 7.15. The number of aryl methyl sites for hydroxylation is 1. The first-order valence-corrected chi connectivity index (χ1v) is 8.60. The van der Waals surface area contributed by atoms with Crippen LogP contribution in [0.2, 0.25) is 0 Å². The van der Waals surface area contributed by atoms with E-state index in [1.54, 1.807) is 0 Å². The number of hydrogen-bond donors (Lipinski definition) is 2. The summed E-state index contributed by atoms with van der Waals surface area (Å²) in [6.45, 7) is 2.23. The Hall–Kier alpha value is -2.66. The number of amides is 1. The molecule has 0 aliphatic rings. The van der Waals surface area contributed by atoms with Crippen molar-refractivity contribution in [2.45, 2.75) is 13.3 Å². The topological polar surface area (TPSA) is 54.0 Å². The molecular weight excluding hydrogens is 318 g/mol. The van der Waals surface area contributed by atoms with Gasteiger partial charge in [-0.2, -0.15) is 0 Å². The number of nitrogens with one attached hydrogen (secondary N) is 2. The fourth-order valence-corrected chi connectivity index (χ4v) is 3.22. The number of nitrogens with zero attached hydrogens (tertiary/aromatic N) is 1. The highest BCUT2D eigenvalue weighted by atomic mass is 32.1. The van der Waals surface area contributed by atoms with E-state index in [0.29, 0.717) is 5.13 Å². The van der Waals surface area contributed by atoms with E-state index in [4.69, 9.17) is 0 Å². The molecule has 3 rings (SSSR count). The summed E-state index contributed by atoms with van der Waals surface area (Å²) in [7, 11) is 0. The van der Waals surface area contributed by atoms with Gasteiger partial charge in [-0.1, -0.05) is 48.5 Å². The maximum Gasteiger partial charge on any atom is 0.245 e. The van der Waals surface area contributed by atoms with Crippen molar-refractivity contribution in [3.05, 3.63) is 76.8 Å². The Labute approximate surface area is 145 Å². The second-order valence-electron chi connectivity index (χ2n) is 5.51. The van der Waals surface area contributed by atoms with Crippen LogP contribution in [0.4, 0.5) is 10.8 Å². The molecule has 0 fully saturated rings. The summed E-state index contributed by atoms with van der Waals surface area (Å²) in [5.74, 6) is -0.0983.